The van der Waals surface area contributed by atoms with Crippen LogP contribution in [0.4, 0.5) is 17.6 Å². The van der Waals surface area contributed by atoms with Crippen molar-refractivity contribution in [3.63, 3.8) is 0 Å². The van der Waals surface area contributed by atoms with Crippen molar-refractivity contribution in [2.24, 2.45) is 5.73 Å². The maximum atomic E-state index is 13.9. The molecule has 0 aliphatic carbocycles. The van der Waals surface area contributed by atoms with Crippen LogP contribution < -0.4 is 5.73 Å². The lowest BCUT2D eigenvalue weighted by atomic mass is 10.1. The lowest BCUT2D eigenvalue weighted by Crippen LogP contribution is -2.17. The van der Waals surface area contributed by atoms with Crippen molar-refractivity contribution >= 4 is 0 Å². The molecular weight excluding hydrogens is 294 g/mol. The zero-order valence-electron chi connectivity index (χ0n) is 10.8. The normalized spacial score (nSPS) is 13.4. The summed E-state index contributed by atoms with van der Waals surface area (Å²) >= 11 is 0. The second-order valence-electron chi connectivity index (χ2n) is 4.18. The first kappa shape index (κ1) is 15.4. The molecular formula is C12H11F4N3O2. The summed E-state index contributed by atoms with van der Waals surface area (Å²) in [6.07, 6.45) is -4.81. The van der Waals surface area contributed by atoms with Gasteiger partial charge >= 0.3 is 6.18 Å². The molecule has 0 aliphatic rings. The van der Waals surface area contributed by atoms with E-state index in [0.717, 1.165) is 12.1 Å². The Hall–Kier alpha value is -2.00. The molecule has 0 radical (unpaired) electrons. The van der Waals surface area contributed by atoms with Gasteiger partial charge in [0.05, 0.1) is 23.8 Å². The molecule has 0 aliphatic heterocycles. The van der Waals surface area contributed by atoms with Gasteiger partial charge in [-0.2, -0.15) is 18.2 Å². The van der Waals surface area contributed by atoms with Crippen molar-refractivity contribution in [3.8, 4) is 11.5 Å². The van der Waals surface area contributed by atoms with Crippen LogP contribution in [0.25, 0.3) is 11.5 Å². The highest BCUT2D eigenvalue weighted by Crippen LogP contribution is 2.35. The fourth-order valence-corrected chi connectivity index (χ4v) is 1.67. The van der Waals surface area contributed by atoms with Crippen molar-refractivity contribution in [2.45, 2.75) is 12.2 Å². The molecule has 0 fully saturated rings. The molecule has 0 saturated carbocycles. The number of aromatic nitrogens is 2. The summed E-state index contributed by atoms with van der Waals surface area (Å²) in [4.78, 5) is 3.79. The van der Waals surface area contributed by atoms with Crippen LogP contribution in [0.5, 0.6) is 0 Å². The minimum Gasteiger partial charge on any atom is -0.383 e. The Morgan fingerprint density at radius 1 is 1.38 bits per heavy atom. The molecule has 2 rings (SSSR count). The molecule has 1 atom stereocenters. The molecule has 0 saturated heterocycles. The third kappa shape index (κ3) is 3.19. The van der Waals surface area contributed by atoms with E-state index in [0.29, 0.717) is 6.07 Å². The maximum Gasteiger partial charge on any atom is 0.419 e. The summed E-state index contributed by atoms with van der Waals surface area (Å²) in [7, 11) is 1.41. The van der Waals surface area contributed by atoms with Gasteiger partial charge in [-0.3, -0.25) is 0 Å². The van der Waals surface area contributed by atoms with Gasteiger partial charge in [0.15, 0.2) is 5.82 Å². The number of halogens is 4. The number of hydrogen-bond donors (Lipinski definition) is 1. The van der Waals surface area contributed by atoms with Gasteiger partial charge in [0.2, 0.25) is 0 Å². The maximum absolute atomic E-state index is 13.9. The minimum atomic E-state index is -4.81. The monoisotopic (exact) mass is 305 g/mol. The van der Waals surface area contributed by atoms with Crippen molar-refractivity contribution in [1.29, 1.82) is 0 Å². The van der Waals surface area contributed by atoms with Crippen molar-refractivity contribution < 1.29 is 26.8 Å². The lowest BCUT2D eigenvalue weighted by molar-refractivity contribution is -0.139. The molecule has 0 amide bonds. The molecule has 9 heteroatoms. The van der Waals surface area contributed by atoms with Crippen LogP contribution in [0.15, 0.2) is 22.7 Å². The Kier molecular flexibility index (Phi) is 4.24. The standard InChI is InChI=1S/C12H11F4N3O2/c1-20-5-8(17)10-18-11(21-19-10)6-3-2-4-7(9(6)13)12(14,15)16/h2-4,8H,5,17H2,1H3. The quantitative estimate of drug-likeness (QED) is 0.879. The van der Waals surface area contributed by atoms with E-state index in [2.05, 4.69) is 10.1 Å². The van der Waals surface area contributed by atoms with Crippen LogP contribution in [0.1, 0.15) is 17.4 Å². The van der Waals surface area contributed by atoms with Crippen LogP contribution in [-0.2, 0) is 10.9 Å². The van der Waals surface area contributed by atoms with Gasteiger partial charge < -0.3 is 15.0 Å². The number of methoxy groups -OCH3 is 1. The molecule has 21 heavy (non-hydrogen) atoms. The highest BCUT2D eigenvalue weighted by atomic mass is 19.4. The van der Waals surface area contributed by atoms with Gasteiger partial charge in [0.25, 0.3) is 5.89 Å². The summed E-state index contributed by atoms with van der Waals surface area (Å²) in [6.45, 7) is 0.0873. The number of ether oxygens (including phenoxy) is 1. The average molecular weight is 305 g/mol. The Bertz CT molecular complexity index is 627. The van der Waals surface area contributed by atoms with Gasteiger partial charge in [0, 0.05) is 7.11 Å². The molecule has 0 bridgehead atoms. The molecule has 1 heterocycles. The third-order valence-corrected chi connectivity index (χ3v) is 2.65. The largest absolute Gasteiger partial charge is 0.419 e. The Labute approximate surface area is 116 Å². The molecule has 2 N–H and O–H groups in total. The van der Waals surface area contributed by atoms with E-state index in [4.69, 9.17) is 15.0 Å². The van der Waals surface area contributed by atoms with Crippen LogP contribution in [0, 0.1) is 5.82 Å². The van der Waals surface area contributed by atoms with Gasteiger partial charge in [-0.05, 0) is 12.1 Å². The fourth-order valence-electron chi connectivity index (χ4n) is 1.67. The Balaban J connectivity index is 2.39. The highest BCUT2D eigenvalue weighted by molar-refractivity contribution is 5.56. The van der Waals surface area contributed by atoms with Crippen LogP contribution in [0.3, 0.4) is 0 Å². The smallest absolute Gasteiger partial charge is 0.383 e. The highest BCUT2D eigenvalue weighted by Gasteiger charge is 2.35. The van der Waals surface area contributed by atoms with E-state index < -0.39 is 29.2 Å². The van der Waals surface area contributed by atoms with E-state index in [1.54, 1.807) is 0 Å². The Morgan fingerprint density at radius 2 is 2.10 bits per heavy atom. The summed E-state index contributed by atoms with van der Waals surface area (Å²) < 4.78 is 61.4. The number of alkyl halides is 3. The summed E-state index contributed by atoms with van der Waals surface area (Å²) in [5, 5.41) is 3.51. The number of nitrogens with two attached hydrogens (primary N) is 1. The van der Waals surface area contributed by atoms with Gasteiger partial charge in [-0.15, -0.1) is 0 Å². The molecule has 1 aromatic carbocycles. The van der Waals surface area contributed by atoms with E-state index in [-0.39, 0.29) is 18.3 Å². The van der Waals surface area contributed by atoms with Gasteiger partial charge in [-0.1, -0.05) is 11.2 Å². The molecule has 1 unspecified atom stereocenters. The average Bonchev–Trinajstić information content (AvgIpc) is 2.87. The number of rotatable bonds is 4. The number of hydrogen-bond acceptors (Lipinski definition) is 5. The number of nitrogens with zero attached hydrogens (tertiary/aromatic N) is 2. The fraction of sp³-hybridized carbons (Fsp3) is 0.333. The first-order valence-electron chi connectivity index (χ1n) is 5.78. The molecule has 1 aromatic heterocycles. The zero-order chi connectivity index (χ0) is 15.6. The van der Waals surface area contributed by atoms with Crippen molar-refractivity contribution in [3.05, 3.63) is 35.4 Å². The van der Waals surface area contributed by atoms with Crippen LogP contribution in [-0.4, -0.2) is 23.9 Å². The summed E-state index contributed by atoms with van der Waals surface area (Å²) in [5.41, 5.74) is 3.81. The van der Waals surface area contributed by atoms with E-state index in [1.807, 2.05) is 0 Å². The molecule has 5 nitrogen and oxygen atoms in total. The van der Waals surface area contributed by atoms with E-state index >= 15 is 0 Å². The van der Waals surface area contributed by atoms with Gasteiger partial charge in [0.1, 0.15) is 5.82 Å². The zero-order valence-corrected chi connectivity index (χ0v) is 10.8. The third-order valence-electron chi connectivity index (χ3n) is 2.65. The topological polar surface area (TPSA) is 74.2 Å². The summed E-state index contributed by atoms with van der Waals surface area (Å²) in [5.74, 6) is -1.83. The van der Waals surface area contributed by atoms with Crippen molar-refractivity contribution in [1.82, 2.24) is 10.1 Å². The van der Waals surface area contributed by atoms with Gasteiger partial charge in [-0.25, -0.2) is 4.39 Å². The second kappa shape index (κ2) is 5.78. The summed E-state index contributed by atoms with van der Waals surface area (Å²) in [6, 6.07) is 2.08. The predicted molar refractivity (Wildman–Crippen MR) is 63.5 cm³/mol. The predicted octanol–water partition coefficient (Wildman–Crippen LogP) is 2.54. The van der Waals surface area contributed by atoms with E-state index in [9.17, 15) is 17.6 Å². The Morgan fingerprint density at radius 3 is 2.71 bits per heavy atom. The lowest BCUT2D eigenvalue weighted by Gasteiger charge is -2.09. The first-order chi connectivity index (χ1) is 9.84. The SMILES string of the molecule is COCC(N)c1noc(-c2cccc(C(F)(F)F)c2F)n1. The first-order valence-corrected chi connectivity index (χ1v) is 5.78. The van der Waals surface area contributed by atoms with Crippen molar-refractivity contribution in [2.75, 3.05) is 13.7 Å². The molecule has 2 aromatic rings. The van der Waals surface area contributed by atoms with E-state index in [1.165, 1.54) is 7.11 Å². The van der Waals surface area contributed by atoms with Crippen LogP contribution >= 0.6 is 0 Å². The van der Waals surface area contributed by atoms with Crippen LogP contribution in [0.2, 0.25) is 0 Å². The minimum absolute atomic E-state index is 0.0173. The molecule has 0 spiro atoms. The molecule has 114 valence electrons. The number of benzene rings is 1. The second-order valence-corrected chi connectivity index (χ2v) is 4.18.